The summed E-state index contributed by atoms with van der Waals surface area (Å²) in [4.78, 5) is 10.8. The molecule has 0 aliphatic rings. The zero-order valence-corrected chi connectivity index (χ0v) is 9.98. The minimum absolute atomic E-state index is 0.177. The molecule has 0 bridgehead atoms. The Balaban J connectivity index is 2.70. The summed E-state index contributed by atoms with van der Waals surface area (Å²) in [6.45, 7) is 9.21. The molecule has 0 unspecified atom stereocenters. The van der Waals surface area contributed by atoms with Gasteiger partial charge < -0.3 is 5.32 Å². The summed E-state index contributed by atoms with van der Waals surface area (Å²) in [5, 5.41) is 3.14. The first kappa shape index (κ1) is 11.9. The molecule has 0 aliphatic carbocycles. The molecule has 1 N–H and O–H groups in total. The molecule has 1 aromatic rings. The molecule has 2 heteroatoms. The van der Waals surface area contributed by atoms with Gasteiger partial charge in [-0.3, -0.25) is 4.79 Å². The first-order valence-corrected chi connectivity index (χ1v) is 5.28. The molecular weight excluding hydrogens is 186 g/mol. The number of benzene rings is 1. The zero-order chi connectivity index (χ0) is 11.4. The first-order valence-electron chi connectivity index (χ1n) is 5.28. The number of ketones is 1. The Morgan fingerprint density at radius 1 is 1.20 bits per heavy atom. The molecule has 1 aromatic carbocycles. The maximum absolute atomic E-state index is 10.8. The van der Waals surface area contributed by atoms with E-state index < -0.39 is 0 Å². The van der Waals surface area contributed by atoms with Gasteiger partial charge in [-0.15, -0.1) is 0 Å². The zero-order valence-electron chi connectivity index (χ0n) is 9.98. The number of nitrogens with one attached hydrogen (secondary N) is 1. The lowest BCUT2D eigenvalue weighted by molar-refractivity contribution is -0.116. The van der Waals surface area contributed by atoms with Crippen molar-refractivity contribution in [3.63, 3.8) is 0 Å². The fourth-order valence-corrected chi connectivity index (χ4v) is 1.58. The van der Waals surface area contributed by atoms with E-state index in [1.807, 2.05) is 0 Å². The summed E-state index contributed by atoms with van der Waals surface area (Å²) in [5.74, 6) is 0.177. The molecule has 0 aliphatic heterocycles. The van der Waals surface area contributed by atoms with Crippen molar-refractivity contribution in [3.8, 4) is 0 Å². The van der Waals surface area contributed by atoms with Gasteiger partial charge >= 0.3 is 0 Å². The van der Waals surface area contributed by atoms with Crippen LogP contribution in [0.1, 0.15) is 29.2 Å². The number of carbonyl (C=O) groups excluding carboxylic acids is 1. The van der Waals surface area contributed by atoms with Gasteiger partial charge in [0, 0.05) is 6.54 Å². The Morgan fingerprint density at radius 3 is 2.47 bits per heavy atom. The van der Waals surface area contributed by atoms with Crippen molar-refractivity contribution < 1.29 is 4.79 Å². The molecule has 0 fully saturated rings. The van der Waals surface area contributed by atoms with Crippen molar-refractivity contribution in [1.29, 1.82) is 0 Å². The Bertz CT molecular complexity index is 369. The van der Waals surface area contributed by atoms with Gasteiger partial charge in [0.05, 0.1) is 6.54 Å². The van der Waals surface area contributed by atoms with E-state index in [1.165, 1.54) is 22.3 Å². The molecule has 82 valence electrons. The van der Waals surface area contributed by atoms with E-state index >= 15 is 0 Å². The number of hydrogen-bond acceptors (Lipinski definition) is 2. The van der Waals surface area contributed by atoms with Gasteiger partial charge in [0.15, 0.2) is 0 Å². The van der Waals surface area contributed by atoms with Crippen LogP contribution in [-0.4, -0.2) is 12.3 Å². The highest BCUT2D eigenvalue weighted by Gasteiger charge is 2.03. The lowest BCUT2D eigenvalue weighted by Gasteiger charge is -2.11. The van der Waals surface area contributed by atoms with Crippen LogP contribution in [0.25, 0.3) is 0 Å². The molecule has 1 rings (SSSR count). The summed E-state index contributed by atoms with van der Waals surface area (Å²) >= 11 is 0. The highest BCUT2D eigenvalue weighted by Crippen LogP contribution is 2.16. The molecule has 0 saturated carbocycles. The minimum Gasteiger partial charge on any atom is -0.306 e. The van der Waals surface area contributed by atoms with Crippen LogP contribution in [0.4, 0.5) is 0 Å². The number of carbonyl (C=O) groups is 1. The predicted molar refractivity (Wildman–Crippen MR) is 63.0 cm³/mol. The molecule has 0 spiro atoms. The summed E-state index contributed by atoms with van der Waals surface area (Å²) < 4.78 is 0. The molecule has 2 nitrogen and oxygen atoms in total. The van der Waals surface area contributed by atoms with E-state index in [0.29, 0.717) is 6.54 Å². The van der Waals surface area contributed by atoms with Gasteiger partial charge in [0.25, 0.3) is 0 Å². The van der Waals surface area contributed by atoms with Crippen LogP contribution < -0.4 is 5.32 Å². The summed E-state index contributed by atoms with van der Waals surface area (Å²) in [5.41, 5.74) is 5.27. The van der Waals surface area contributed by atoms with E-state index in [1.54, 1.807) is 6.92 Å². The molecular formula is C13H19NO. The third-order valence-corrected chi connectivity index (χ3v) is 2.86. The maximum Gasteiger partial charge on any atom is 0.143 e. The molecule has 0 amide bonds. The van der Waals surface area contributed by atoms with Gasteiger partial charge in [-0.1, -0.05) is 12.1 Å². The van der Waals surface area contributed by atoms with E-state index in [9.17, 15) is 4.79 Å². The number of aryl methyl sites for hydroxylation is 1. The van der Waals surface area contributed by atoms with E-state index in [2.05, 4.69) is 38.2 Å². The van der Waals surface area contributed by atoms with Gasteiger partial charge in [-0.05, 0) is 49.9 Å². The molecule has 0 saturated heterocycles. The quantitative estimate of drug-likeness (QED) is 0.817. The third-order valence-electron chi connectivity index (χ3n) is 2.86. The summed E-state index contributed by atoms with van der Waals surface area (Å²) in [6.07, 6.45) is 0. The van der Waals surface area contributed by atoms with Crippen LogP contribution in [0.15, 0.2) is 12.1 Å². The topological polar surface area (TPSA) is 29.1 Å². The van der Waals surface area contributed by atoms with Crippen molar-refractivity contribution in [1.82, 2.24) is 5.32 Å². The Kier molecular flexibility index (Phi) is 4.04. The van der Waals surface area contributed by atoms with Gasteiger partial charge in [-0.2, -0.15) is 0 Å². The smallest absolute Gasteiger partial charge is 0.143 e. The fraction of sp³-hybridized carbons (Fsp3) is 0.462. The second-order valence-electron chi connectivity index (χ2n) is 4.10. The normalized spacial score (nSPS) is 10.4. The van der Waals surface area contributed by atoms with Gasteiger partial charge in [-0.25, -0.2) is 0 Å². The van der Waals surface area contributed by atoms with Crippen molar-refractivity contribution >= 4 is 5.78 Å². The second kappa shape index (κ2) is 5.08. The lowest BCUT2D eigenvalue weighted by Crippen LogP contribution is -2.21. The standard InChI is InChI=1S/C13H19NO/c1-9-5-6-13(12(4)11(9)3)8-14-7-10(2)15/h5-6,14H,7-8H2,1-4H3. The monoisotopic (exact) mass is 205 g/mol. The second-order valence-corrected chi connectivity index (χ2v) is 4.10. The number of rotatable bonds is 4. The summed E-state index contributed by atoms with van der Waals surface area (Å²) in [7, 11) is 0. The van der Waals surface area contributed by atoms with Crippen molar-refractivity contribution in [3.05, 3.63) is 34.4 Å². The first-order chi connectivity index (χ1) is 7.02. The number of Topliss-reactive ketones (excluding diaryl/α,β-unsaturated/α-hetero) is 1. The largest absolute Gasteiger partial charge is 0.306 e. The minimum atomic E-state index is 0.177. The lowest BCUT2D eigenvalue weighted by atomic mass is 9.99. The summed E-state index contributed by atoms with van der Waals surface area (Å²) in [6, 6.07) is 4.26. The Labute approximate surface area is 91.7 Å². The van der Waals surface area contributed by atoms with Crippen LogP contribution in [-0.2, 0) is 11.3 Å². The fourth-order valence-electron chi connectivity index (χ4n) is 1.58. The SMILES string of the molecule is CC(=O)CNCc1ccc(C)c(C)c1C. The Morgan fingerprint density at radius 2 is 1.87 bits per heavy atom. The van der Waals surface area contributed by atoms with Crippen LogP contribution in [0.2, 0.25) is 0 Å². The molecule has 0 radical (unpaired) electrons. The molecule has 0 atom stereocenters. The molecule has 15 heavy (non-hydrogen) atoms. The molecule has 0 aromatic heterocycles. The van der Waals surface area contributed by atoms with E-state index in [-0.39, 0.29) is 5.78 Å². The average Bonchev–Trinajstić information content (AvgIpc) is 2.18. The van der Waals surface area contributed by atoms with Crippen molar-refractivity contribution in [2.24, 2.45) is 0 Å². The maximum atomic E-state index is 10.8. The predicted octanol–water partition coefficient (Wildman–Crippen LogP) is 2.29. The highest BCUT2D eigenvalue weighted by atomic mass is 16.1. The van der Waals surface area contributed by atoms with Gasteiger partial charge in [0.1, 0.15) is 5.78 Å². The third kappa shape index (κ3) is 3.17. The van der Waals surface area contributed by atoms with Crippen molar-refractivity contribution in [2.75, 3.05) is 6.54 Å². The van der Waals surface area contributed by atoms with Crippen molar-refractivity contribution in [2.45, 2.75) is 34.2 Å². The van der Waals surface area contributed by atoms with E-state index in [0.717, 1.165) is 6.54 Å². The van der Waals surface area contributed by atoms with Crippen LogP contribution >= 0.6 is 0 Å². The number of hydrogen-bond donors (Lipinski definition) is 1. The Hall–Kier alpha value is -1.15. The van der Waals surface area contributed by atoms with Crippen LogP contribution in [0.5, 0.6) is 0 Å². The highest BCUT2D eigenvalue weighted by molar-refractivity contribution is 5.77. The van der Waals surface area contributed by atoms with Gasteiger partial charge in [0.2, 0.25) is 0 Å². The van der Waals surface area contributed by atoms with E-state index in [4.69, 9.17) is 0 Å². The molecule has 0 heterocycles. The van der Waals surface area contributed by atoms with Crippen LogP contribution in [0, 0.1) is 20.8 Å². The van der Waals surface area contributed by atoms with Crippen LogP contribution in [0.3, 0.4) is 0 Å². The average molecular weight is 205 g/mol.